The Hall–Kier alpha value is -0.720. The molecule has 0 radical (unpaired) electrons. The summed E-state index contributed by atoms with van der Waals surface area (Å²) < 4.78 is 0. The molecule has 100 valence electrons. The van der Waals surface area contributed by atoms with Crippen molar-refractivity contribution in [3.63, 3.8) is 0 Å². The number of rotatable bonds is 2. The maximum absolute atomic E-state index is 2.64. The highest BCUT2D eigenvalue weighted by molar-refractivity contribution is 5.22. The second-order valence-electron chi connectivity index (χ2n) is 6.38. The van der Waals surface area contributed by atoms with Crippen LogP contribution in [0.25, 0.3) is 0 Å². The van der Waals surface area contributed by atoms with E-state index in [0.29, 0.717) is 0 Å². The van der Waals surface area contributed by atoms with E-state index in [1.807, 2.05) is 0 Å². The van der Waals surface area contributed by atoms with E-state index < -0.39 is 0 Å². The lowest BCUT2D eigenvalue weighted by atomic mass is 9.82. The highest BCUT2D eigenvalue weighted by Gasteiger charge is 2.24. The van der Waals surface area contributed by atoms with Gasteiger partial charge in [-0.05, 0) is 49.5 Å². The van der Waals surface area contributed by atoms with Crippen molar-refractivity contribution < 1.29 is 0 Å². The average molecular weight is 245 g/mol. The SMILES string of the molecule is C1=CN(C2CCCCC2)CC(C2CCCCC2)=C1. The summed E-state index contributed by atoms with van der Waals surface area (Å²) in [5.41, 5.74) is 1.72. The third kappa shape index (κ3) is 2.81. The lowest BCUT2D eigenvalue weighted by molar-refractivity contribution is 0.220. The Kier molecular flexibility index (Phi) is 4.07. The quantitative estimate of drug-likeness (QED) is 0.684. The molecule has 1 heteroatoms. The number of hydrogen-bond acceptors (Lipinski definition) is 1. The van der Waals surface area contributed by atoms with E-state index >= 15 is 0 Å². The first-order chi connectivity index (χ1) is 8.93. The molecule has 0 bridgehead atoms. The molecule has 0 N–H and O–H groups in total. The smallest absolute Gasteiger partial charge is 0.0392 e. The number of hydrogen-bond donors (Lipinski definition) is 0. The van der Waals surface area contributed by atoms with Crippen LogP contribution in [0.3, 0.4) is 0 Å². The average Bonchev–Trinajstić information content (AvgIpc) is 2.49. The maximum atomic E-state index is 2.64. The van der Waals surface area contributed by atoms with Crippen LogP contribution >= 0.6 is 0 Å². The van der Waals surface area contributed by atoms with Crippen LogP contribution in [0.1, 0.15) is 64.2 Å². The number of allylic oxidation sites excluding steroid dienone is 2. The van der Waals surface area contributed by atoms with Gasteiger partial charge in [-0.15, -0.1) is 0 Å². The van der Waals surface area contributed by atoms with Crippen molar-refractivity contribution in [2.45, 2.75) is 70.3 Å². The lowest BCUT2D eigenvalue weighted by Crippen LogP contribution is -2.36. The van der Waals surface area contributed by atoms with Crippen LogP contribution in [-0.4, -0.2) is 17.5 Å². The van der Waals surface area contributed by atoms with Crippen LogP contribution in [-0.2, 0) is 0 Å². The van der Waals surface area contributed by atoms with E-state index in [1.54, 1.807) is 5.57 Å². The summed E-state index contributed by atoms with van der Waals surface area (Å²) in [4.78, 5) is 2.64. The third-order valence-electron chi connectivity index (χ3n) is 5.13. The van der Waals surface area contributed by atoms with E-state index in [4.69, 9.17) is 0 Å². The highest BCUT2D eigenvalue weighted by atomic mass is 15.1. The van der Waals surface area contributed by atoms with Gasteiger partial charge in [0.1, 0.15) is 0 Å². The van der Waals surface area contributed by atoms with E-state index in [1.165, 1.54) is 70.8 Å². The summed E-state index contributed by atoms with van der Waals surface area (Å²) in [6.45, 7) is 1.23. The van der Waals surface area contributed by atoms with Gasteiger partial charge in [0.2, 0.25) is 0 Å². The second kappa shape index (κ2) is 5.95. The lowest BCUT2D eigenvalue weighted by Gasteiger charge is -2.37. The van der Waals surface area contributed by atoms with Gasteiger partial charge in [-0.1, -0.05) is 44.6 Å². The minimum absolute atomic E-state index is 0.835. The first kappa shape index (κ1) is 12.3. The predicted octanol–water partition coefficient (Wildman–Crippen LogP) is 4.66. The van der Waals surface area contributed by atoms with Crippen molar-refractivity contribution in [3.05, 3.63) is 23.9 Å². The van der Waals surface area contributed by atoms with Gasteiger partial charge in [0.05, 0.1) is 0 Å². The van der Waals surface area contributed by atoms with Crippen LogP contribution in [0.2, 0.25) is 0 Å². The Balaban J connectivity index is 1.60. The zero-order valence-electron chi connectivity index (χ0n) is 11.6. The second-order valence-corrected chi connectivity index (χ2v) is 6.38. The van der Waals surface area contributed by atoms with Crippen LogP contribution in [0.4, 0.5) is 0 Å². The maximum Gasteiger partial charge on any atom is 0.0392 e. The Morgan fingerprint density at radius 3 is 2.22 bits per heavy atom. The van der Waals surface area contributed by atoms with E-state index in [0.717, 1.165) is 12.0 Å². The van der Waals surface area contributed by atoms with Crippen LogP contribution in [0.15, 0.2) is 23.9 Å². The topological polar surface area (TPSA) is 3.24 Å². The monoisotopic (exact) mass is 245 g/mol. The normalized spacial score (nSPS) is 27.3. The van der Waals surface area contributed by atoms with Crippen molar-refractivity contribution in [1.29, 1.82) is 0 Å². The molecule has 0 spiro atoms. The van der Waals surface area contributed by atoms with Gasteiger partial charge >= 0.3 is 0 Å². The molecule has 0 amide bonds. The molecule has 3 rings (SSSR count). The summed E-state index contributed by atoms with van der Waals surface area (Å²) in [5.74, 6) is 0.898. The molecule has 0 atom stereocenters. The zero-order valence-corrected chi connectivity index (χ0v) is 11.6. The first-order valence-electron chi connectivity index (χ1n) is 8.06. The van der Waals surface area contributed by atoms with Gasteiger partial charge in [-0.2, -0.15) is 0 Å². The first-order valence-corrected chi connectivity index (χ1v) is 8.06. The van der Waals surface area contributed by atoms with E-state index in [9.17, 15) is 0 Å². The molecule has 1 nitrogen and oxygen atoms in total. The van der Waals surface area contributed by atoms with E-state index in [-0.39, 0.29) is 0 Å². The van der Waals surface area contributed by atoms with Crippen molar-refractivity contribution in [1.82, 2.24) is 4.90 Å². The minimum Gasteiger partial charge on any atom is -0.370 e. The molecule has 0 aromatic carbocycles. The molecule has 0 saturated heterocycles. The molecular weight excluding hydrogens is 218 g/mol. The molecule has 0 aromatic rings. The molecule has 18 heavy (non-hydrogen) atoms. The molecule has 0 unspecified atom stereocenters. The largest absolute Gasteiger partial charge is 0.370 e. The fourth-order valence-corrected chi connectivity index (χ4v) is 4.00. The van der Waals surface area contributed by atoms with Gasteiger partial charge in [0.15, 0.2) is 0 Å². The Morgan fingerprint density at radius 2 is 1.50 bits per heavy atom. The fraction of sp³-hybridized carbons (Fsp3) is 0.765. The third-order valence-corrected chi connectivity index (χ3v) is 5.13. The van der Waals surface area contributed by atoms with Gasteiger partial charge in [-0.25, -0.2) is 0 Å². The predicted molar refractivity (Wildman–Crippen MR) is 77.4 cm³/mol. The molecule has 3 aliphatic rings. The number of nitrogens with zero attached hydrogens (tertiary/aromatic N) is 1. The van der Waals surface area contributed by atoms with Crippen molar-refractivity contribution >= 4 is 0 Å². The van der Waals surface area contributed by atoms with Crippen LogP contribution in [0, 0.1) is 5.92 Å². The van der Waals surface area contributed by atoms with Crippen LogP contribution in [0.5, 0.6) is 0 Å². The molecule has 1 aliphatic heterocycles. The van der Waals surface area contributed by atoms with Crippen LogP contribution < -0.4 is 0 Å². The Labute approximate surface area is 112 Å². The zero-order chi connectivity index (χ0) is 12.2. The summed E-state index contributed by atoms with van der Waals surface area (Å²) in [6, 6.07) is 0.835. The standard InChI is InChI=1S/C17H27N/c1-3-8-15(9-4-1)16-10-7-13-18(14-16)17-11-5-2-6-12-17/h7,10,13,15,17H,1-6,8-9,11-12,14H2. The molecular formula is C17H27N. The molecule has 0 aromatic heterocycles. The van der Waals surface area contributed by atoms with Gasteiger partial charge in [0, 0.05) is 12.6 Å². The summed E-state index contributed by atoms with van der Waals surface area (Å²) in [6.07, 6.45) is 21.5. The fourth-order valence-electron chi connectivity index (χ4n) is 4.00. The Morgan fingerprint density at radius 1 is 0.833 bits per heavy atom. The molecule has 2 fully saturated rings. The van der Waals surface area contributed by atoms with Gasteiger partial charge < -0.3 is 4.90 Å². The summed E-state index contributed by atoms with van der Waals surface area (Å²) >= 11 is 0. The summed E-state index contributed by atoms with van der Waals surface area (Å²) in [5, 5.41) is 0. The van der Waals surface area contributed by atoms with Crippen molar-refractivity contribution in [2.24, 2.45) is 5.92 Å². The van der Waals surface area contributed by atoms with Crippen molar-refractivity contribution in [3.8, 4) is 0 Å². The van der Waals surface area contributed by atoms with Crippen molar-refractivity contribution in [2.75, 3.05) is 6.54 Å². The summed E-state index contributed by atoms with van der Waals surface area (Å²) in [7, 11) is 0. The molecule has 2 saturated carbocycles. The van der Waals surface area contributed by atoms with Gasteiger partial charge in [0.25, 0.3) is 0 Å². The van der Waals surface area contributed by atoms with Gasteiger partial charge in [-0.3, -0.25) is 0 Å². The minimum atomic E-state index is 0.835. The highest BCUT2D eigenvalue weighted by Crippen LogP contribution is 2.33. The molecule has 2 aliphatic carbocycles. The molecule has 1 heterocycles. The Bertz CT molecular complexity index is 317. The van der Waals surface area contributed by atoms with E-state index in [2.05, 4.69) is 23.3 Å².